The third-order valence-electron chi connectivity index (χ3n) is 12.3. The molecular formula is C60H38FNO2. The van der Waals surface area contributed by atoms with Crippen molar-refractivity contribution in [3.63, 3.8) is 0 Å². The van der Waals surface area contributed by atoms with Crippen molar-refractivity contribution >= 4 is 60.9 Å². The predicted molar refractivity (Wildman–Crippen MR) is 263 cm³/mol. The first kappa shape index (κ1) is 37.3. The summed E-state index contributed by atoms with van der Waals surface area (Å²) in [5.41, 5.74) is 15.1. The average molecular weight is 824 g/mol. The van der Waals surface area contributed by atoms with E-state index in [1.54, 1.807) is 6.07 Å². The number of para-hydroxylation sites is 5. The lowest BCUT2D eigenvalue weighted by Gasteiger charge is -2.29. The predicted octanol–water partition coefficient (Wildman–Crippen LogP) is 17.4. The van der Waals surface area contributed by atoms with Crippen LogP contribution in [0, 0.1) is 5.82 Å². The van der Waals surface area contributed by atoms with Crippen molar-refractivity contribution in [3.05, 3.63) is 236 Å². The first-order valence-electron chi connectivity index (χ1n) is 21.5. The molecular weight excluding hydrogens is 786 g/mol. The number of furan rings is 2. The minimum atomic E-state index is -0.315. The Kier molecular flexibility index (Phi) is 9.01. The molecule has 0 bridgehead atoms. The van der Waals surface area contributed by atoms with Crippen LogP contribution in [0.4, 0.5) is 21.5 Å². The van der Waals surface area contributed by atoms with Crippen molar-refractivity contribution in [1.29, 1.82) is 0 Å². The third kappa shape index (κ3) is 6.43. The quantitative estimate of drug-likeness (QED) is 0.153. The summed E-state index contributed by atoms with van der Waals surface area (Å²) in [6.07, 6.45) is 0. The molecule has 0 saturated carbocycles. The van der Waals surface area contributed by atoms with Gasteiger partial charge >= 0.3 is 0 Å². The fourth-order valence-corrected chi connectivity index (χ4v) is 9.30. The molecule has 0 unspecified atom stereocenters. The number of nitrogens with zero attached hydrogens (tertiary/aromatic N) is 1. The molecule has 0 atom stereocenters. The fourth-order valence-electron chi connectivity index (χ4n) is 9.30. The number of hydrogen-bond acceptors (Lipinski definition) is 3. The number of rotatable bonds is 8. The van der Waals surface area contributed by atoms with E-state index in [-0.39, 0.29) is 5.82 Å². The Hall–Kier alpha value is -8.47. The molecule has 2 heterocycles. The average Bonchev–Trinajstić information content (AvgIpc) is 3.94. The first-order chi connectivity index (χ1) is 31.6. The molecule has 0 aliphatic carbocycles. The molecule has 4 heteroatoms. The Balaban J connectivity index is 1.04. The Bertz CT molecular complexity index is 3530. The highest BCUT2D eigenvalue weighted by Crippen LogP contribution is 2.46. The second kappa shape index (κ2) is 15.5. The van der Waals surface area contributed by atoms with Crippen LogP contribution in [0.1, 0.15) is 0 Å². The number of anilines is 3. The summed E-state index contributed by atoms with van der Waals surface area (Å²) in [4.78, 5) is 2.03. The van der Waals surface area contributed by atoms with Gasteiger partial charge in [-0.25, -0.2) is 4.39 Å². The monoisotopic (exact) mass is 823 g/mol. The molecule has 0 spiro atoms. The maximum atomic E-state index is 17.2. The van der Waals surface area contributed by atoms with Gasteiger partial charge in [0, 0.05) is 49.6 Å². The topological polar surface area (TPSA) is 29.5 Å². The molecule has 0 aliphatic rings. The summed E-state index contributed by atoms with van der Waals surface area (Å²) >= 11 is 0. The molecule has 0 N–H and O–H groups in total. The van der Waals surface area contributed by atoms with Crippen molar-refractivity contribution in [2.24, 2.45) is 0 Å². The molecule has 0 saturated heterocycles. The number of halogens is 1. The molecule has 0 amide bonds. The van der Waals surface area contributed by atoms with Crippen LogP contribution in [-0.4, -0.2) is 0 Å². The van der Waals surface area contributed by atoms with Gasteiger partial charge in [0.25, 0.3) is 0 Å². The van der Waals surface area contributed by atoms with Gasteiger partial charge in [-0.05, 0) is 106 Å². The summed E-state index contributed by atoms with van der Waals surface area (Å²) < 4.78 is 30.3. The molecule has 64 heavy (non-hydrogen) atoms. The minimum Gasteiger partial charge on any atom is -0.455 e. The molecule has 3 nitrogen and oxygen atoms in total. The molecule has 2 aromatic heterocycles. The number of fused-ring (bicyclic) bond motifs is 6. The summed E-state index contributed by atoms with van der Waals surface area (Å²) in [5.74, 6) is -0.315. The van der Waals surface area contributed by atoms with E-state index >= 15 is 4.39 Å². The molecule has 0 radical (unpaired) electrons. The maximum Gasteiger partial charge on any atom is 0.148 e. The SMILES string of the molecule is Fc1cc(-c2ccccc2)cc(-c2ccccc2)c1N(c1ccccc1)c1ccc(-c2cc(-c3cccc4c3oc3ccccc34)cc(-c3cccc4c3oc3ccccc34)c2)cc1. The van der Waals surface area contributed by atoms with Gasteiger partial charge < -0.3 is 13.7 Å². The standard InChI is InChI=1S/C60H38FNO2/c61-55-38-43(39-16-4-1-5-17-39)37-54(41-18-6-2-7-19-41)58(55)62(46-20-8-3-9-21-46)47-32-30-40(31-33-47)42-34-44(48-24-14-26-52-50-22-10-12-28-56(50)63-59(48)52)36-45(35-42)49-25-15-27-53-51-23-11-13-29-57(51)64-60(49)53/h1-38H. The van der Waals surface area contributed by atoms with Crippen molar-refractivity contribution in [1.82, 2.24) is 0 Å². The Morgan fingerprint density at radius 3 is 1.31 bits per heavy atom. The lowest BCUT2D eigenvalue weighted by Crippen LogP contribution is -2.13. The van der Waals surface area contributed by atoms with Crippen LogP contribution in [0.25, 0.3) is 99.5 Å². The van der Waals surface area contributed by atoms with Gasteiger partial charge in [-0.1, -0.05) is 164 Å². The van der Waals surface area contributed by atoms with E-state index in [4.69, 9.17) is 8.83 Å². The summed E-state index contributed by atoms with van der Waals surface area (Å²) in [6.45, 7) is 0. The van der Waals surface area contributed by atoms with E-state index < -0.39 is 0 Å². The zero-order valence-electron chi connectivity index (χ0n) is 34.6. The highest BCUT2D eigenvalue weighted by Gasteiger charge is 2.24. The minimum absolute atomic E-state index is 0.315. The van der Waals surface area contributed by atoms with Crippen LogP contribution in [-0.2, 0) is 0 Å². The smallest absolute Gasteiger partial charge is 0.148 e. The van der Waals surface area contributed by atoms with E-state index in [1.165, 1.54) is 0 Å². The largest absolute Gasteiger partial charge is 0.455 e. The first-order valence-corrected chi connectivity index (χ1v) is 21.5. The van der Waals surface area contributed by atoms with Crippen LogP contribution in [0.3, 0.4) is 0 Å². The second-order valence-corrected chi connectivity index (χ2v) is 16.2. The molecule has 0 aliphatic heterocycles. The third-order valence-corrected chi connectivity index (χ3v) is 12.3. The van der Waals surface area contributed by atoms with Crippen molar-refractivity contribution < 1.29 is 13.2 Å². The Morgan fingerprint density at radius 1 is 0.297 bits per heavy atom. The van der Waals surface area contributed by atoms with Gasteiger partial charge in [-0.15, -0.1) is 0 Å². The molecule has 12 aromatic rings. The summed E-state index contributed by atoms with van der Waals surface area (Å²) in [7, 11) is 0. The highest BCUT2D eigenvalue weighted by atomic mass is 19.1. The lowest BCUT2D eigenvalue weighted by molar-refractivity contribution is 0.629. The number of benzene rings is 10. The van der Waals surface area contributed by atoms with Gasteiger partial charge in [0.05, 0.1) is 5.69 Å². The zero-order valence-corrected chi connectivity index (χ0v) is 34.6. The van der Waals surface area contributed by atoms with Crippen LogP contribution in [0.2, 0.25) is 0 Å². The van der Waals surface area contributed by atoms with Crippen LogP contribution < -0.4 is 4.90 Å². The maximum absolute atomic E-state index is 17.2. The van der Waals surface area contributed by atoms with Crippen LogP contribution in [0.15, 0.2) is 239 Å². The van der Waals surface area contributed by atoms with E-state index in [1.807, 2.05) is 120 Å². The van der Waals surface area contributed by atoms with E-state index in [2.05, 4.69) is 109 Å². The van der Waals surface area contributed by atoms with Gasteiger partial charge in [-0.3, -0.25) is 0 Å². The lowest BCUT2D eigenvalue weighted by atomic mass is 9.92. The second-order valence-electron chi connectivity index (χ2n) is 16.2. The van der Waals surface area contributed by atoms with Gasteiger partial charge in [-0.2, -0.15) is 0 Å². The molecule has 12 rings (SSSR count). The van der Waals surface area contributed by atoms with Gasteiger partial charge in [0.1, 0.15) is 28.1 Å². The van der Waals surface area contributed by atoms with Crippen molar-refractivity contribution in [2.75, 3.05) is 4.90 Å². The van der Waals surface area contributed by atoms with Gasteiger partial charge in [0.2, 0.25) is 0 Å². The zero-order chi connectivity index (χ0) is 42.6. The van der Waals surface area contributed by atoms with Gasteiger partial charge in [0.15, 0.2) is 0 Å². The Morgan fingerprint density at radius 2 is 0.734 bits per heavy atom. The van der Waals surface area contributed by atoms with Crippen molar-refractivity contribution in [3.8, 4) is 55.6 Å². The van der Waals surface area contributed by atoms with E-state index in [0.717, 1.165) is 111 Å². The Labute approximate surface area is 369 Å². The molecule has 302 valence electrons. The fraction of sp³-hybridized carbons (Fsp3) is 0. The summed E-state index contributed by atoms with van der Waals surface area (Å²) in [6, 6.07) is 78.2. The van der Waals surface area contributed by atoms with E-state index in [9.17, 15) is 0 Å². The normalized spacial score (nSPS) is 11.5. The highest BCUT2D eigenvalue weighted by molar-refractivity contribution is 6.12. The summed E-state index contributed by atoms with van der Waals surface area (Å²) in [5, 5.41) is 4.32. The van der Waals surface area contributed by atoms with Crippen LogP contribution >= 0.6 is 0 Å². The van der Waals surface area contributed by atoms with Crippen molar-refractivity contribution in [2.45, 2.75) is 0 Å². The molecule has 10 aromatic carbocycles. The van der Waals surface area contributed by atoms with Crippen LogP contribution in [0.5, 0.6) is 0 Å². The molecule has 0 fully saturated rings. The van der Waals surface area contributed by atoms with E-state index in [0.29, 0.717) is 5.69 Å². The number of hydrogen-bond donors (Lipinski definition) is 0.